The predicted octanol–water partition coefficient (Wildman–Crippen LogP) is 7.20. The van der Waals surface area contributed by atoms with Crippen molar-refractivity contribution in [2.24, 2.45) is 4.99 Å². The third-order valence-electron chi connectivity index (χ3n) is 4.60. The van der Waals surface area contributed by atoms with E-state index in [2.05, 4.69) is 55.0 Å². The molecule has 4 heteroatoms. The minimum absolute atomic E-state index is 0.122. The van der Waals surface area contributed by atoms with Crippen LogP contribution in [-0.2, 0) is 5.41 Å². The Kier molecular flexibility index (Phi) is 4.78. The first-order valence-corrected chi connectivity index (χ1v) is 9.57. The van der Waals surface area contributed by atoms with Crippen molar-refractivity contribution in [1.29, 1.82) is 0 Å². The lowest BCUT2D eigenvalue weighted by atomic mass is 9.87. The number of oxazole rings is 1. The van der Waals surface area contributed by atoms with Gasteiger partial charge in [-0.3, -0.25) is 4.99 Å². The highest BCUT2D eigenvalue weighted by Gasteiger charge is 2.14. The summed E-state index contributed by atoms with van der Waals surface area (Å²) in [4.78, 5) is 9.17. The van der Waals surface area contributed by atoms with Crippen LogP contribution < -0.4 is 0 Å². The Balaban J connectivity index is 1.60. The van der Waals surface area contributed by atoms with Crippen LogP contribution in [0.3, 0.4) is 0 Å². The number of hydrogen-bond acceptors (Lipinski definition) is 3. The van der Waals surface area contributed by atoms with Gasteiger partial charge < -0.3 is 4.42 Å². The fourth-order valence-electron chi connectivity index (χ4n) is 2.93. The second-order valence-corrected chi connectivity index (χ2v) is 8.24. The van der Waals surface area contributed by atoms with Gasteiger partial charge in [-0.1, -0.05) is 56.6 Å². The summed E-state index contributed by atoms with van der Waals surface area (Å²) < 4.78 is 5.93. The van der Waals surface area contributed by atoms with Crippen LogP contribution in [0, 0.1) is 0 Å². The van der Waals surface area contributed by atoms with Gasteiger partial charge in [0.05, 0.1) is 5.69 Å². The number of halogens is 1. The van der Waals surface area contributed by atoms with Gasteiger partial charge in [-0.2, -0.15) is 0 Å². The molecule has 0 saturated carbocycles. The normalized spacial score (nSPS) is 12.1. The predicted molar refractivity (Wildman–Crippen MR) is 117 cm³/mol. The molecule has 4 aromatic rings. The summed E-state index contributed by atoms with van der Waals surface area (Å²) in [7, 11) is 0. The molecule has 0 N–H and O–H groups in total. The highest BCUT2D eigenvalue weighted by Crippen LogP contribution is 2.29. The molecule has 3 aromatic carbocycles. The van der Waals surface area contributed by atoms with Gasteiger partial charge in [-0.25, -0.2) is 4.98 Å². The third kappa shape index (κ3) is 4.00. The van der Waals surface area contributed by atoms with E-state index in [-0.39, 0.29) is 5.41 Å². The van der Waals surface area contributed by atoms with E-state index in [1.807, 2.05) is 48.7 Å². The van der Waals surface area contributed by atoms with E-state index in [4.69, 9.17) is 16.0 Å². The lowest BCUT2D eigenvalue weighted by Crippen LogP contribution is -2.10. The molecule has 4 rings (SSSR count). The fraction of sp³-hybridized carbons (Fsp3) is 0.167. The Morgan fingerprint density at radius 2 is 1.64 bits per heavy atom. The molecule has 28 heavy (non-hydrogen) atoms. The minimum Gasteiger partial charge on any atom is -0.436 e. The highest BCUT2D eigenvalue weighted by atomic mass is 35.5. The summed E-state index contributed by atoms with van der Waals surface area (Å²) in [5.41, 5.74) is 5.73. The molecule has 0 fully saturated rings. The molecule has 0 spiro atoms. The maximum atomic E-state index is 5.93. The molecular weight excluding hydrogens is 368 g/mol. The average molecular weight is 389 g/mol. The summed E-state index contributed by atoms with van der Waals surface area (Å²) in [5.74, 6) is 0.620. The molecule has 0 atom stereocenters. The smallest absolute Gasteiger partial charge is 0.227 e. The number of aliphatic imine (C=N–C) groups is 1. The summed E-state index contributed by atoms with van der Waals surface area (Å²) in [5, 5.41) is 0.712. The van der Waals surface area contributed by atoms with Crippen molar-refractivity contribution < 1.29 is 4.42 Å². The Hall–Kier alpha value is -2.91. The topological polar surface area (TPSA) is 38.4 Å². The van der Waals surface area contributed by atoms with Crippen LogP contribution in [-0.4, -0.2) is 11.2 Å². The van der Waals surface area contributed by atoms with Crippen molar-refractivity contribution in [3.63, 3.8) is 0 Å². The number of fused-ring (bicyclic) bond motifs is 1. The molecule has 0 amide bonds. The first kappa shape index (κ1) is 18.5. The van der Waals surface area contributed by atoms with E-state index in [9.17, 15) is 0 Å². The van der Waals surface area contributed by atoms with Gasteiger partial charge in [-0.15, -0.1) is 0 Å². The molecular formula is C24H21ClN2O. The Morgan fingerprint density at radius 1 is 0.929 bits per heavy atom. The zero-order chi connectivity index (χ0) is 19.7. The molecule has 140 valence electrons. The molecule has 0 bridgehead atoms. The summed E-state index contributed by atoms with van der Waals surface area (Å²) in [6, 6.07) is 21.7. The van der Waals surface area contributed by atoms with Gasteiger partial charge in [0.25, 0.3) is 0 Å². The second-order valence-electron chi connectivity index (χ2n) is 7.81. The van der Waals surface area contributed by atoms with Crippen LogP contribution >= 0.6 is 11.6 Å². The van der Waals surface area contributed by atoms with E-state index < -0.39 is 0 Å². The van der Waals surface area contributed by atoms with Gasteiger partial charge >= 0.3 is 0 Å². The van der Waals surface area contributed by atoms with Crippen LogP contribution in [0.2, 0.25) is 5.02 Å². The summed E-state index contributed by atoms with van der Waals surface area (Å²) >= 11 is 5.91. The highest BCUT2D eigenvalue weighted by molar-refractivity contribution is 6.30. The van der Waals surface area contributed by atoms with Crippen LogP contribution in [0.5, 0.6) is 0 Å². The minimum atomic E-state index is 0.122. The lowest BCUT2D eigenvalue weighted by molar-refractivity contribution is 0.589. The second kappa shape index (κ2) is 7.25. The van der Waals surface area contributed by atoms with Gasteiger partial charge in [0.15, 0.2) is 5.58 Å². The van der Waals surface area contributed by atoms with Crippen LogP contribution in [0.4, 0.5) is 5.69 Å². The van der Waals surface area contributed by atoms with E-state index >= 15 is 0 Å². The maximum Gasteiger partial charge on any atom is 0.227 e. The van der Waals surface area contributed by atoms with Gasteiger partial charge in [0.2, 0.25) is 5.89 Å². The number of rotatable bonds is 3. The number of benzene rings is 3. The number of nitrogens with zero attached hydrogens (tertiary/aromatic N) is 2. The van der Waals surface area contributed by atoms with Crippen molar-refractivity contribution >= 4 is 34.6 Å². The van der Waals surface area contributed by atoms with Gasteiger partial charge in [-0.05, 0) is 59.0 Å². The largest absolute Gasteiger partial charge is 0.436 e. The first-order chi connectivity index (χ1) is 13.4. The van der Waals surface area contributed by atoms with E-state index in [1.54, 1.807) is 0 Å². The quantitative estimate of drug-likeness (QED) is 0.348. The monoisotopic (exact) mass is 388 g/mol. The summed E-state index contributed by atoms with van der Waals surface area (Å²) in [6.07, 6.45) is 1.81. The maximum absolute atomic E-state index is 5.93. The SMILES string of the molecule is CC(C)(C)c1ccc(-c2nc3cc(N=Cc4ccc(Cl)cc4)ccc3o2)cc1. The van der Waals surface area contributed by atoms with E-state index in [0.29, 0.717) is 10.9 Å². The van der Waals surface area contributed by atoms with Crippen LogP contribution in [0.15, 0.2) is 76.1 Å². The summed E-state index contributed by atoms with van der Waals surface area (Å²) in [6.45, 7) is 6.61. The molecule has 0 saturated heterocycles. The zero-order valence-electron chi connectivity index (χ0n) is 16.1. The fourth-order valence-corrected chi connectivity index (χ4v) is 3.06. The van der Waals surface area contributed by atoms with Crippen molar-refractivity contribution in [3.05, 3.63) is 82.9 Å². The molecule has 3 nitrogen and oxygen atoms in total. The molecule has 0 aliphatic heterocycles. The Morgan fingerprint density at radius 3 is 2.32 bits per heavy atom. The lowest BCUT2D eigenvalue weighted by Gasteiger charge is -2.18. The Labute approximate surface area is 169 Å². The average Bonchev–Trinajstić information content (AvgIpc) is 3.10. The third-order valence-corrected chi connectivity index (χ3v) is 4.85. The van der Waals surface area contributed by atoms with Crippen molar-refractivity contribution in [3.8, 4) is 11.5 Å². The van der Waals surface area contributed by atoms with Gasteiger partial charge in [0, 0.05) is 16.8 Å². The van der Waals surface area contributed by atoms with Crippen molar-refractivity contribution in [2.45, 2.75) is 26.2 Å². The van der Waals surface area contributed by atoms with E-state index in [0.717, 1.165) is 27.9 Å². The van der Waals surface area contributed by atoms with Crippen molar-refractivity contribution in [1.82, 2.24) is 4.98 Å². The molecule has 0 unspecified atom stereocenters. The standard InChI is InChI=1S/C24H21ClN2O/c1-24(2,3)18-8-6-17(7-9-18)23-27-21-14-20(12-13-22(21)28-23)26-15-16-4-10-19(25)11-5-16/h4-15H,1-3H3. The van der Waals surface area contributed by atoms with Gasteiger partial charge in [0.1, 0.15) is 5.52 Å². The van der Waals surface area contributed by atoms with Crippen LogP contribution in [0.25, 0.3) is 22.6 Å². The molecule has 0 radical (unpaired) electrons. The molecule has 1 aromatic heterocycles. The molecule has 1 heterocycles. The molecule has 0 aliphatic carbocycles. The first-order valence-electron chi connectivity index (χ1n) is 9.20. The van der Waals surface area contributed by atoms with Crippen molar-refractivity contribution in [2.75, 3.05) is 0 Å². The number of hydrogen-bond donors (Lipinski definition) is 0. The zero-order valence-corrected chi connectivity index (χ0v) is 16.9. The van der Waals surface area contributed by atoms with E-state index in [1.165, 1.54) is 5.56 Å². The van der Waals surface area contributed by atoms with Crippen LogP contribution in [0.1, 0.15) is 31.9 Å². The number of aromatic nitrogens is 1. The molecule has 0 aliphatic rings. The Bertz CT molecular complexity index is 1130.